The van der Waals surface area contributed by atoms with Crippen molar-refractivity contribution in [2.24, 2.45) is 11.8 Å². The van der Waals surface area contributed by atoms with E-state index in [9.17, 15) is 14.7 Å². The lowest BCUT2D eigenvalue weighted by molar-refractivity contribution is -0.122. The molecule has 0 spiro atoms. The van der Waals surface area contributed by atoms with Crippen molar-refractivity contribution in [1.29, 1.82) is 0 Å². The van der Waals surface area contributed by atoms with Crippen molar-refractivity contribution in [2.75, 3.05) is 4.90 Å². The number of fused-ring (bicyclic) bond motifs is 1. The van der Waals surface area contributed by atoms with Crippen LogP contribution >= 0.6 is 0 Å². The van der Waals surface area contributed by atoms with Crippen LogP contribution < -0.4 is 4.90 Å². The van der Waals surface area contributed by atoms with E-state index in [1.54, 1.807) is 12.1 Å². The average molecular weight is 257 g/mol. The molecular weight excluding hydrogens is 242 g/mol. The molecule has 2 aliphatic rings. The van der Waals surface area contributed by atoms with Gasteiger partial charge in [-0.05, 0) is 44.0 Å². The largest absolute Gasteiger partial charge is 0.508 e. The summed E-state index contributed by atoms with van der Waals surface area (Å²) in [4.78, 5) is 26.0. The summed E-state index contributed by atoms with van der Waals surface area (Å²) in [7, 11) is 0. The third-order valence-corrected chi connectivity index (χ3v) is 3.93. The van der Waals surface area contributed by atoms with Gasteiger partial charge in [0.15, 0.2) is 0 Å². The van der Waals surface area contributed by atoms with Gasteiger partial charge in [-0.15, -0.1) is 0 Å². The number of phenols is 1. The zero-order valence-corrected chi connectivity index (χ0v) is 10.7. The average Bonchev–Trinajstić information content (AvgIpc) is 2.63. The van der Waals surface area contributed by atoms with E-state index in [2.05, 4.69) is 0 Å². The van der Waals surface area contributed by atoms with Crippen LogP contribution in [0.4, 0.5) is 5.69 Å². The standard InChI is InChI=1S/C15H15NO3/c1-9-2-7-12-13(8-9)15(19)16(14(12)18)10-3-5-11(17)6-4-10/h2-6,12-13,17H,7-8H2,1H3/t12-,13-/m1/s1. The fourth-order valence-electron chi connectivity index (χ4n) is 2.89. The summed E-state index contributed by atoms with van der Waals surface area (Å²) >= 11 is 0. The molecule has 1 aliphatic heterocycles. The molecule has 4 heteroatoms. The van der Waals surface area contributed by atoms with Crippen LogP contribution in [-0.4, -0.2) is 16.9 Å². The van der Waals surface area contributed by atoms with Crippen molar-refractivity contribution in [3.63, 3.8) is 0 Å². The van der Waals surface area contributed by atoms with Gasteiger partial charge in [-0.1, -0.05) is 11.6 Å². The number of aromatic hydroxyl groups is 1. The molecule has 0 radical (unpaired) electrons. The van der Waals surface area contributed by atoms with Crippen molar-refractivity contribution >= 4 is 17.5 Å². The van der Waals surface area contributed by atoms with Gasteiger partial charge in [0.05, 0.1) is 17.5 Å². The molecular formula is C15H15NO3. The first-order valence-electron chi connectivity index (χ1n) is 6.40. The van der Waals surface area contributed by atoms with Crippen LogP contribution in [0.25, 0.3) is 0 Å². The molecule has 19 heavy (non-hydrogen) atoms. The summed E-state index contributed by atoms with van der Waals surface area (Å²) in [6, 6.07) is 6.17. The Morgan fingerprint density at radius 1 is 1.11 bits per heavy atom. The lowest BCUT2D eigenvalue weighted by Crippen LogP contribution is -2.30. The van der Waals surface area contributed by atoms with E-state index in [1.165, 1.54) is 22.6 Å². The number of carbonyl (C=O) groups is 2. The van der Waals surface area contributed by atoms with Gasteiger partial charge in [0, 0.05) is 0 Å². The Labute approximate surface area is 111 Å². The van der Waals surface area contributed by atoms with Crippen LogP contribution in [0, 0.1) is 11.8 Å². The second-order valence-electron chi connectivity index (χ2n) is 5.23. The summed E-state index contributed by atoms with van der Waals surface area (Å²) in [6.07, 6.45) is 3.37. The number of hydrogen-bond donors (Lipinski definition) is 1. The highest BCUT2D eigenvalue weighted by Gasteiger charge is 2.48. The Kier molecular flexibility index (Phi) is 2.66. The fourth-order valence-corrected chi connectivity index (χ4v) is 2.89. The van der Waals surface area contributed by atoms with E-state index in [0.717, 1.165) is 0 Å². The van der Waals surface area contributed by atoms with Crippen molar-refractivity contribution in [2.45, 2.75) is 19.8 Å². The predicted molar refractivity (Wildman–Crippen MR) is 70.6 cm³/mol. The molecule has 1 fully saturated rings. The van der Waals surface area contributed by atoms with Gasteiger partial charge in [0.2, 0.25) is 11.8 Å². The Bertz CT molecular complexity index is 574. The molecule has 2 atom stereocenters. The van der Waals surface area contributed by atoms with E-state index in [4.69, 9.17) is 0 Å². The minimum absolute atomic E-state index is 0.117. The zero-order valence-electron chi connectivity index (χ0n) is 10.7. The molecule has 1 aromatic rings. The molecule has 0 aromatic heterocycles. The van der Waals surface area contributed by atoms with Gasteiger partial charge in [-0.25, -0.2) is 0 Å². The first-order valence-corrected chi connectivity index (χ1v) is 6.40. The maximum atomic E-state index is 12.4. The number of imide groups is 1. The normalized spacial score (nSPS) is 26.4. The summed E-state index contributed by atoms with van der Waals surface area (Å²) in [5, 5.41) is 9.28. The number of benzene rings is 1. The van der Waals surface area contributed by atoms with Crippen LogP contribution in [-0.2, 0) is 9.59 Å². The highest BCUT2D eigenvalue weighted by atomic mass is 16.3. The van der Waals surface area contributed by atoms with Crippen molar-refractivity contribution in [3.8, 4) is 5.75 Å². The number of hydrogen-bond acceptors (Lipinski definition) is 3. The number of anilines is 1. The van der Waals surface area contributed by atoms with Gasteiger partial charge in [0.25, 0.3) is 0 Å². The Morgan fingerprint density at radius 2 is 1.74 bits per heavy atom. The highest BCUT2D eigenvalue weighted by Crippen LogP contribution is 2.39. The summed E-state index contributed by atoms with van der Waals surface area (Å²) in [5.74, 6) is -0.549. The molecule has 2 amide bonds. The van der Waals surface area contributed by atoms with Gasteiger partial charge in [0.1, 0.15) is 5.75 Å². The molecule has 1 heterocycles. The minimum atomic E-state index is -0.218. The summed E-state index contributed by atoms with van der Waals surface area (Å²) in [6.45, 7) is 2.00. The van der Waals surface area contributed by atoms with Crippen molar-refractivity contribution in [3.05, 3.63) is 35.9 Å². The fraction of sp³-hybridized carbons (Fsp3) is 0.333. The molecule has 1 N–H and O–H groups in total. The van der Waals surface area contributed by atoms with Crippen LogP contribution in [0.15, 0.2) is 35.9 Å². The molecule has 1 saturated heterocycles. The van der Waals surface area contributed by atoms with Crippen LogP contribution in [0.3, 0.4) is 0 Å². The summed E-state index contributed by atoms with van der Waals surface area (Å²) in [5.41, 5.74) is 1.72. The number of amides is 2. The van der Waals surface area contributed by atoms with Crippen LogP contribution in [0.5, 0.6) is 5.75 Å². The van der Waals surface area contributed by atoms with Gasteiger partial charge in [-0.2, -0.15) is 0 Å². The molecule has 0 unspecified atom stereocenters. The number of carbonyl (C=O) groups excluding carboxylic acids is 2. The number of phenolic OH excluding ortho intramolecular Hbond substituents is 1. The van der Waals surface area contributed by atoms with E-state index in [-0.39, 0.29) is 29.4 Å². The SMILES string of the molecule is CC1=CC[C@H]2C(=O)N(c3ccc(O)cc3)C(=O)[C@@H]2C1. The molecule has 1 aliphatic carbocycles. The van der Waals surface area contributed by atoms with E-state index in [0.29, 0.717) is 18.5 Å². The van der Waals surface area contributed by atoms with Gasteiger partial charge < -0.3 is 5.11 Å². The van der Waals surface area contributed by atoms with E-state index < -0.39 is 0 Å². The maximum Gasteiger partial charge on any atom is 0.238 e. The molecule has 0 saturated carbocycles. The van der Waals surface area contributed by atoms with Gasteiger partial charge in [-0.3, -0.25) is 14.5 Å². The lowest BCUT2D eigenvalue weighted by Gasteiger charge is -2.18. The first kappa shape index (κ1) is 12.0. The lowest BCUT2D eigenvalue weighted by atomic mass is 9.82. The zero-order chi connectivity index (χ0) is 13.6. The quantitative estimate of drug-likeness (QED) is 0.620. The predicted octanol–water partition coefficient (Wildman–Crippen LogP) is 2.24. The monoisotopic (exact) mass is 257 g/mol. The highest BCUT2D eigenvalue weighted by molar-refractivity contribution is 6.22. The molecule has 4 nitrogen and oxygen atoms in total. The first-order chi connectivity index (χ1) is 9.08. The number of rotatable bonds is 1. The third-order valence-electron chi connectivity index (χ3n) is 3.93. The van der Waals surface area contributed by atoms with E-state index >= 15 is 0 Å². The van der Waals surface area contributed by atoms with E-state index in [1.807, 2.05) is 13.0 Å². The van der Waals surface area contributed by atoms with Crippen LogP contribution in [0.2, 0.25) is 0 Å². The Hall–Kier alpha value is -2.10. The maximum absolute atomic E-state index is 12.4. The van der Waals surface area contributed by atoms with Crippen LogP contribution in [0.1, 0.15) is 19.8 Å². The molecule has 98 valence electrons. The molecule has 1 aromatic carbocycles. The Morgan fingerprint density at radius 3 is 2.42 bits per heavy atom. The third kappa shape index (κ3) is 1.84. The van der Waals surface area contributed by atoms with Crippen molar-refractivity contribution < 1.29 is 14.7 Å². The topological polar surface area (TPSA) is 57.6 Å². The van der Waals surface area contributed by atoms with Gasteiger partial charge >= 0.3 is 0 Å². The summed E-state index contributed by atoms with van der Waals surface area (Å²) < 4.78 is 0. The van der Waals surface area contributed by atoms with Crippen molar-refractivity contribution in [1.82, 2.24) is 0 Å². The Balaban J connectivity index is 1.95. The number of allylic oxidation sites excluding steroid dienone is 2. The molecule has 0 bridgehead atoms. The second-order valence-corrected chi connectivity index (χ2v) is 5.23. The smallest absolute Gasteiger partial charge is 0.238 e. The minimum Gasteiger partial charge on any atom is -0.508 e. The molecule has 3 rings (SSSR count). The number of nitrogens with zero attached hydrogens (tertiary/aromatic N) is 1. The second kappa shape index (κ2) is 4.23.